The molecule has 0 aromatic heterocycles. The van der Waals surface area contributed by atoms with Gasteiger partial charge in [-0.15, -0.1) is 5.06 Å². The summed E-state index contributed by atoms with van der Waals surface area (Å²) < 4.78 is 36.4. The molecule has 1 rings (SSSR count). The van der Waals surface area contributed by atoms with E-state index in [1.54, 1.807) is 32.0 Å². The van der Waals surface area contributed by atoms with Gasteiger partial charge in [0.2, 0.25) is 0 Å². The van der Waals surface area contributed by atoms with E-state index in [1.807, 2.05) is 0 Å². The van der Waals surface area contributed by atoms with Gasteiger partial charge < -0.3 is 10.6 Å². The molecular formula is C11H11F3N2O3. The average Bonchev–Trinajstić information content (AvgIpc) is 2.25. The number of nitrogens with zero attached hydrogens (tertiary/aromatic N) is 1. The number of para-hydroxylation sites is 1. The summed E-state index contributed by atoms with van der Waals surface area (Å²) in [4.78, 5) is 26.0. The molecule has 0 spiro atoms. The van der Waals surface area contributed by atoms with Gasteiger partial charge in [-0.2, -0.15) is 13.2 Å². The number of urea groups is 1. The van der Waals surface area contributed by atoms with Gasteiger partial charge in [-0.05, 0) is 25.0 Å². The number of carbonyl (C=O) groups is 2. The number of amides is 2. The maximum Gasteiger partial charge on any atom is 0.493 e. The third kappa shape index (κ3) is 3.36. The van der Waals surface area contributed by atoms with E-state index < -0.39 is 18.2 Å². The molecule has 0 aliphatic rings. The first-order valence-corrected chi connectivity index (χ1v) is 5.09. The summed E-state index contributed by atoms with van der Waals surface area (Å²) in [6.07, 6.45) is -5.22. The van der Waals surface area contributed by atoms with Crippen molar-refractivity contribution in [3.05, 3.63) is 29.3 Å². The maximum atomic E-state index is 12.1. The maximum absolute atomic E-state index is 12.1. The first-order chi connectivity index (χ1) is 8.64. The zero-order valence-electron chi connectivity index (χ0n) is 10.1. The van der Waals surface area contributed by atoms with Crippen LogP contribution in [-0.2, 0) is 9.63 Å². The van der Waals surface area contributed by atoms with Crippen molar-refractivity contribution in [2.45, 2.75) is 20.0 Å². The van der Waals surface area contributed by atoms with E-state index in [9.17, 15) is 22.8 Å². The highest BCUT2D eigenvalue weighted by Crippen LogP contribution is 2.26. The van der Waals surface area contributed by atoms with Crippen LogP contribution in [0.4, 0.5) is 23.7 Å². The fraction of sp³-hybridized carbons (Fsp3) is 0.273. The zero-order valence-corrected chi connectivity index (χ0v) is 10.1. The minimum absolute atomic E-state index is 0.00704. The third-order valence-corrected chi connectivity index (χ3v) is 2.25. The lowest BCUT2D eigenvalue weighted by atomic mass is 10.1. The van der Waals surface area contributed by atoms with E-state index in [4.69, 9.17) is 5.73 Å². The Labute approximate surface area is 106 Å². The molecule has 0 radical (unpaired) electrons. The first-order valence-electron chi connectivity index (χ1n) is 5.09. The largest absolute Gasteiger partial charge is 0.493 e. The molecule has 1 aromatic rings. The number of anilines is 1. The molecule has 104 valence electrons. The summed E-state index contributed by atoms with van der Waals surface area (Å²) in [5.74, 6) is -2.52. The fourth-order valence-electron chi connectivity index (χ4n) is 1.46. The number of alkyl halides is 3. The van der Waals surface area contributed by atoms with E-state index in [0.717, 1.165) is 0 Å². The number of rotatable bonds is 1. The smallest absolute Gasteiger partial charge is 0.349 e. The van der Waals surface area contributed by atoms with Crippen LogP contribution >= 0.6 is 0 Å². The molecule has 0 saturated carbocycles. The number of benzene rings is 1. The molecule has 0 saturated heterocycles. The van der Waals surface area contributed by atoms with Gasteiger partial charge in [-0.3, -0.25) is 0 Å². The number of hydroxylamine groups is 1. The number of hydrogen-bond donors (Lipinski definition) is 1. The van der Waals surface area contributed by atoms with Crippen LogP contribution in [0.25, 0.3) is 0 Å². The van der Waals surface area contributed by atoms with Crippen molar-refractivity contribution in [3.63, 3.8) is 0 Å². The summed E-state index contributed by atoms with van der Waals surface area (Å²) in [5, 5.41) is 0.139. The summed E-state index contributed by atoms with van der Waals surface area (Å²) in [6.45, 7) is 3.08. The van der Waals surface area contributed by atoms with Crippen molar-refractivity contribution in [1.29, 1.82) is 0 Å². The Hall–Kier alpha value is -2.25. The van der Waals surface area contributed by atoms with Crippen LogP contribution in [-0.4, -0.2) is 18.2 Å². The predicted molar refractivity (Wildman–Crippen MR) is 60.1 cm³/mol. The highest BCUT2D eigenvalue weighted by atomic mass is 19.4. The zero-order chi connectivity index (χ0) is 14.8. The molecule has 0 aliphatic heterocycles. The monoisotopic (exact) mass is 276 g/mol. The number of nitrogens with two attached hydrogens (primary N) is 1. The predicted octanol–water partition coefficient (Wildman–Crippen LogP) is 2.21. The number of hydrogen-bond acceptors (Lipinski definition) is 3. The van der Waals surface area contributed by atoms with E-state index in [1.165, 1.54) is 0 Å². The normalized spacial score (nSPS) is 11.0. The molecule has 8 heteroatoms. The Morgan fingerprint density at radius 3 is 2.05 bits per heavy atom. The molecule has 0 unspecified atom stereocenters. The molecule has 19 heavy (non-hydrogen) atoms. The first kappa shape index (κ1) is 14.8. The lowest BCUT2D eigenvalue weighted by Gasteiger charge is -2.22. The van der Waals surface area contributed by atoms with Crippen LogP contribution in [0.15, 0.2) is 18.2 Å². The lowest BCUT2D eigenvalue weighted by molar-refractivity contribution is -0.199. The van der Waals surface area contributed by atoms with Crippen molar-refractivity contribution < 1.29 is 27.6 Å². The van der Waals surface area contributed by atoms with Crippen molar-refractivity contribution in [2.24, 2.45) is 5.73 Å². The van der Waals surface area contributed by atoms with Crippen molar-refractivity contribution in [1.82, 2.24) is 0 Å². The van der Waals surface area contributed by atoms with Gasteiger partial charge in [-0.25, -0.2) is 9.59 Å². The van der Waals surface area contributed by atoms with E-state index in [-0.39, 0.29) is 10.8 Å². The summed E-state index contributed by atoms with van der Waals surface area (Å²) in [7, 11) is 0. The van der Waals surface area contributed by atoms with Gasteiger partial charge in [0.25, 0.3) is 0 Å². The summed E-state index contributed by atoms with van der Waals surface area (Å²) in [5.41, 5.74) is 5.82. The Bertz CT molecular complexity index is 494. The molecule has 1 aromatic carbocycles. The molecule has 0 atom stereocenters. The third-order valence-electron chi connectivity index (χ3n) is 2.25. The van der Waals surface area contributed by atoms with Crippen LogP contribution in [0.2, 0.25) is 0 Å². The Morgan fingerprint density at radius 1 is 1.21 bits per heavy atom. The van der Waals surface area contributed by atoms with E-state index >= 15 is 0 Å². The Morgan fingerprint density at radius 2 is 1.68 bits per heavy atom. The fourth-order valence-corrected chi connectivity index (χ4v) is 1.46. The Kier molecular flexibility index (Phi) is 4.03. The van der Waals surface area contributed by atoms with Gasteiger partial charge in [-0.1, -0.05) is 18.2 Å². The molecule has 2 N–H and O–H groups in total. The molecule has 0 heterocycles. The van der Waals surface area contributed by atoms with Crippen LogP contribution < -0.4 is 10.8 Å². The highest BCUT2D eigenvalue weighted by molar-refractivity contribution is 5.93. The number of carbonyl (C=O) groups excluding carboxylic acids is 2. The molecule has 0 fully saturated rings. The van der Waals surface area contributed by atoms with Gasteiger partial charge in [0.1, 0.15) is 0 Å². The minimum Gasteiger partial charge on any atom is -0.349 e. The number of primary amides is 1. The van der Waals surface area contributed by atoms with E-state index in [2.05, 4.69) is 4.84 Å². The van der Waals surface area contributed by atoms with Crippen molar-refractivity contribution in [3.8, 4) is 0 Å². The average molecular weight is 276 g/mol. The number of aryl methyl sites for hydroxylation is 2. The second-order valence-corrected chi connectivity index (χ2v) is 3.75. The van der Waals surface area contributed by atoms with Gasteiger partial charge >= 0.3 is 18.2 Å². The molecule has 0 aliphatic carbocycles. The van der Waals surface area contributed by atoms with Crippen LogP contribution in [0.3, 0.4) is 0 Å². The van der Waals surface area contributed by atoms with E-state index in [0.29, 0.717) is 11.1 Å². The van der Waals surface area contributed by atoms with Gasteiger partial charge in [0, 0.05) is 0 Å². The SMILES string of the molecule is Cc1cccc(C)c1N(OC(=O)C(F)(F)F)C(N)=O. The molecule has 5 nitrogen and oxygen atoms in total. The van der Waals surface area contributed by atoms with Crippen LogP contribution in [0.5, 0.6) is 0 Å². The van der Waals surface area contributed by atoms with Crippen molar-refractivity contribution in [2.75, 3.05) is 5.06 Å². The second kappa shape index (κ2) is 5.17. The Balaban J connectivity index is 3.16. The molecular weight excluding hydrogens is 265 g/mol. The van der Waals surface area contributed by atoms with Gasteiger partial charge in [0.05, 0.1) is 5.69 Å². The standard InChI is InChI=1S/C11H11F3N2O3/c1-6-4-3-5-7(2)8(6)16(10(15)18)19-9(17)11(12,13)14/h3-5H,1-2H3,(H2,15,18). The molecule has 0 bridgehead atoms. The second-order valence-electron chi connectivity index (χ2n) is 3.75. The number of halogens is 3. The topological polar surface area (TPSA) is 72.6 Å². The van der Waals surface area contributed by atoms with Crippen LogP contribution in [0, 0.1) is 13.8 Å². The lowest BCUT2D eigenvalue weighted by Crippen LogP contribution is -2.42. The summed E-state index contributed by atoms with van der Waals surface area (Å²) in [6, 6.07) is 3.40. The minimum atomic E-state index is -5.22. The van der Waals surface area contributed by atoms with Gasteiger partial charge in [0.15, 0.2) is 0 Å². The summed E-state index contributed by atoms with van der Waals surface area (Å²) >= 11 is 0. The molecule has 2 amide bonds. The van der Waals surface area contributed by atoms with Crippen molar-refractivity contribution >= 4 is 17.7 Å². The quantitative estimate of drug-likeness (QED) is 0.799. The highest BCUT2D eigenvalue weighted by Gasteiger charge is 2.43. The van der Waals surface area contributed by atoms with Crippen LogP contribution in [0.1, 0.15) is 11.1 Å².